The van der Waals surface area contributed by atoms with Crippen LogP contribution in [0, 0.1) is 11.6 Å². The van der Waals surface area contributed by atoms with Gasteiger partial charge in [-0.1, -0.05) is 32.5 Å². The van der Waals surface area contributed by atoms with Crippen molar-refractivity contribution in [2.75, 3.05) is 6.61 Å². The third-order valence-electron chi connectivity index (χ3n) is 3.64. The summed E-state index contributed by atoms with van der Waals surface area (Å²) in [4.78, 5) is 15.9. The van der Waals surface area contributed by atoms with Crippen LogP contribution in [0.15, 0.2) is 28.1 Å². The highest BCUT2D eigenvalue weighted by Crippen LogP contribution is 2.35. The molecule has 0 aliphatic rings. The second-order valence-electron chi connectivity index (χ2n) is 6.15. The lowest BCUT2D eigenvalue weighted by atomic mass is 10.1. The van der Waals surface area contributed by atoms with Crippen LogP contribution in [-0.2, 0) is 17.7 Å². The maximum atomic E-state index is 13.5. The summed E-state index contributed by atoms with van der Waals surface area (Å²) in [5.41, 5.74) is 5.85. The first kappa shape index (κ1) is 20.2. The summed E-state index contributed by atoms with van der Waals surface area (Å²) in [5, 5.41) is 0.848. The Morgan fingerprint density at radius 3 is 2.50 bits per heavy atom. The quantitative estimate of drug-likeness (QED) is 0.729. The monoisotopic (exact) mass is 383 g/mol. The number of carbonyl (C=O) groups is 1. The zero-order valence-electron chi connectivity index (χ0n) is 15.1. The van der Waals surface area contributed by atoms with Gasteiger partial charge in [0, 0.05) is 23.9 Å². The summed E-state index contributed by atoms with van der Waals surface area (Å²) in [6.45, 7) is 6.89. The summed E-state index contributed by atoms with van der Waals surface area (Å²) in [6, 6.07) is 3.46. The first-order valence-corrected chi connectivity index (χ1v) is 9.29. The zero-order valence-corrected chi connectivity index (χ0v) is 15.9. The van der Waals surface area contributed by atoms with Gasteiger partial charge in [-0.25, -0.2) is 18.6 Å². The molecule has 0 radical (unpaired) electrons. The summed E-state index contributed by atoms with van der Waals surface area (Å²) in [5.74, 6) is -0.341. The van der Waals surface area contributed by atoms with Gasteiger partial charge < -0.3 is 15.0 Å². The predicted molar refractivity (Wildman–Crippen MR) is 96.3 cm³/mol. The first-order valence-electron chi connectivity index (χ1n) is 8.47. The minimum atomic E-state index is -0.826. The van der Waals surface area contributed by atoms with Crippen molar-refractivity contribution in [3.05, 3.63) is 41.4 Å². The molecule has 1 aromatic heterocycles. The van der Waals surface area contributed by atoms with E-state index in [-0.39, 0.29) is 12.5 Å². The fraction of sp³-hybridized carbons (Fsp3) is 0.444. The molecule has 1 heterocycles. The van der Waals surface area contributed by atoms with Gasteiger partial charge in [0.25, 0.3) is 0 Å². The standard InChI is InChI=1S/C18H23F2N3O2S/c1-4-6-23-15(5-7-25-18(21)24)22-16(11(2)3)17(23)26-14-9-12(19)8-13(20)10-14/h8-11H,4-7H2,1-3H3,(H2,21,24). The van der Waals surface area contributed by atoms with E-state index >= 15 is 0 Å². The van der Waals surface area contributed by atoms with Crippen molar-refractivity contribution in [2.24, 2.45) is 5.73 Å². The van der Waals surface area contributed by atoms with Gasteiger partial charge in [-0.2, -0.15) is 0 Å². The number of ether oxygens (including phenoxy) is 1. The Labute approximate surface area is 155 Å². The van der Waals surface area contributed by atoms with E-state index in [0.717, 1.165) is 29.0 Å². The van der Waals surface area contributed by atoms with E-state index in [2.05, 4.69) is 4.98 Å². The number of nitrogens with two attached hydrogens (primary N) is 1. The number of amides is 1. The lowest BCUT2D eigenvalue weighted by Gasteiger charge is -2.12. The van der Waals surface area contributed by atoms with Crippen molar-refractivity contribution < 1.29 is 18.3 Å². The molecular formula is C18H23F2N3O2S. The highest BCUT2D eigenvalue weighted by Gasteiger charge is 2.20. The zero-order chi connectivity index (χ0) is 19.3. The summed E-state index contributed by atoms with van der Waals surface area (Å²) >= 11 is 1.29. The third-order valence-corrected chi connectivity index (χ3v) is 4.73. The van der Waals surface area contributed by atoms with Crippen LogP contribution in [0.1, 0.15) is 44.6 Å². The lowest BCUT2D eigenvalue weighted by Crippen LogP contribution is -2.16. The van der Waals surface area contributed by atoms with E-state index < -0.39 is 17.7 Å². The Morgan fingerprint density at radius 2 is 1.96 bits per heavy atom. The molecule has 0 unspecified atom stereocenters. The van der Waals surface area contributed by atoms with Crippen molar-refractivity contribution in [3.63, 3.8) is 0 Å². The molecule has 26 heavy (non-hydrogen) atoms. The van der Waals surface area contributed by atoms with Crippen LogP contribution in [0.3, 0.4) is 0 Å². The molecule has 0 spiro atoms. The smallest absolute Gasteiger partial charge is 0.404 e. The van der Waals surface area contributed by atoms with Gasteiger partial charge in [-0.05, 0) is 24.5 Å². The largest absolute Gasteiger partial charge is 0.449 e. The highest BCUT2D eigenvalue weighted by atomic mass is 32.2. The summed E-state index contributed by atoms with van der Waals surface area (Å²) in [6.07, 6.45) is 0.455. The number of primary amides is 1. The van der Waals surface area contributed by atoms with Crippen molar-refractivity contribution in [1.82, 2.24) is 9.55 Å². The molecule has 0 saturated heterocycles. The Bertz CT molecular complexity index is 758. The number of hydrogen-bond donors (Lipinski definition) is 1. The number of benzene rings is 1. The van der Waals surface area contributed by atoms with Crippen LogP contribution >= 0.6 is 11.8 Å². The maximum Gasteiger partial charge on any atom is 0.404 e. The molecule has 8 heteroatoms. The number of nitrogens with zero attached hydrogens (tertiary/aromatic N) is 2. The molecule has 142 valence electrons. The van der Waals surface area contributed by atoms with Gasteiger partial charge in [0.05, 0.1) is 5.69 Å². The molecule has 2 rings (SSSR count). The normalized spacial score (nSPS) is 11.2. The van der Waals surface area contributed by atoms with Crippen LogP contribution in [0.5, 0.6) is 0 Å². The Kier molecular flexibility index (Phi) is 7.02. The molecule has 2 aromatic rings. The second-order valence-corrected chi connectivity index (χ2v) is 7.21. The van der Waals surface area contributed by atoms with Crippen molar-refractivity contribution in [3.8, 4) is 0 Å². The van der Waals surface area contributed by atoms with Crippen molar-refractivity contribution in [1.29, 1.82) is 0 Å². The van der Waals surface area contributed by atoms with Gasteiger partial charge in [0.2, 0.25) is 0 Å². The summed E-state index contributed by atoms with van der Waals surface area (Å²) in [7, 11) is 0. The minimum Gasteiger partial charge on any atom is -0.449 e. The predicted octanol–water partition coefficient (Wildman–Crippen LogP) is 4.48. The van der Waals surface area contributed by atoms with E-state index in [1.54, 1.807) is 0 Å². The van der Waals surface area contributed by atoms with Gasteiger partial charge in [-0.15, -0.1) is 0 Å². The van der Waals surface area contributed by atoms with Crippen LogP contribution in [0.25, 0.3) is 0 Å². The second kappa shape index (κ2) is 9.02. The molecule has 1 aromatic carbocycles. The van der Waals surface area contributed by atoms with Gasteiger partial charge >= 0.3 is 6.09 Å². The molecule has 0 fully saturated rings. The Hall–Kier alpha value is -2.09. The number of halogens is 2. The molecule has 2 N–H and O–H groups in total. The highest BCUT2D eigenvalue weighted by molar-refractivity contribution is 7.99. The third kappa shape index (κ3) is 5.20. The van der Waals surface area contributed by atoms with E-state index in [9.17, 15) is 13.6 Å². The number of imidazole rings is 1. The average molecular weight is 383 g/mol. The van der Waals surface area contributed by atoms with Crippen LogP contribution in [0.4, 0.5) is 13.6 Å². The number of aromatic nitrogens is 2. The van der Waals surface area contributed by atoms with Gasteiger partial charge in [0.15, 0.2) is 0 Å². The first-order chi connectivity index (χ1) is 12.3. The van der Waals surface area contributed by atoms with E-state index in [1.807, 2.05) is 25.3 Å². The van der Waals surface area contributed by atoms with Crippen LogP contribution < -0.4 is 5.73 Å². The molecule has 0 saturated carbocycles. The molecule has 0 bridgehead atoms. The number of rotatable bonds is 8. The average Bonchev–Trinajstić information content (AvgIpc) is 2.85. The van der Waals surface area contributed by atoms with Gasteiger partial charge in [0.1, 0.15) is 29.1 Å². The molecule has 0 atom stereocenters. The molecule has 5 nitrogen and oxygen atoms in total. The fourth-order valence-corrected chi connectivity index (χ4v) is 3.83. The molecule has 0 aliphatic carbocycles. The molecule has 1 amide bonds. The van der Waals surface area contributed by atoms with Gasteiger partial charge in [-0.3, -0.25) is 0 Å². The number of hydrogen-bond acceptors (Lipinski definition) is 4. The molecular weight excluding hydrogens is 360 g/mol. The molecule has 0 aliphatic heterocycles. The van der Waals surface area contributed by atoms with Crippen molar-refractivity contribution >= 4 is 17.9 Å². The lowest BCUT2D eigenvalue weighted by molar-refractivity contribution is 0.157. The van der Waals surface area contributed by atoms with E-state index in [0.29, 0.717) is 17.9 Å². The fourth-order valence-electron chi connectivity index (χ4n) is 2.57. The van der Waals surface area contributed by atoms with Crippen LogP contribution in [0.2, 0.25) is 0 Å². The minimum absolute atomic E-state index is 0.129. The topological polar surface area (TPSA) is 70.1 Å². The van der Waals surface area contributed by atoms with Crippen molar-refractivity contribution in [2.45, 2.75) is 56.0 Å². The SMILES string of the molecule is CCCn1c(CCOC(N)=O)nc(C(C)C)c1Sc1cc(F)cc(F)c1. The van der Waals surface area contributed by atoms with E-state index in [4.69, 9.17) is 10.5 Å². The number of carbonyl (C=O) groups excluding carboxylic acids is 1. The summed E-state index contributed by atoms with van der Waals surface area (Å²) < 4.78 is 33.9. The van der Waals surface area contributed by atoms with E-state index in [1.165, 1.54) is 23.9 Å². The Morgan fingerprint density at radius 1 is 1.31 bits per heavy atom. The maximum absolute atomic E-state index is 13.5. The Balaban J connectivity index is 2.40. The van der Waals surface area contributed by atoms with Crippen LogP contribution in [-0.4, -0.2) is 22.3 Å².